The van der Waals surface area contributed by atoms with Crippen molar-refractivity contribution in [3.8, 4) is 0 Å². The quantitative estimate of drug-likeness (QED) is 0.259. The van der Waals surface area contributed by atoms with Crippen LogP contribution in [0.15, 0.2) is 54.3 Å². The van der Waals surface area contributed by atoms with Gasteiger partial charge in [0.1, 0.15) is 11.2 Å². The number of amides is 1. The lowest BCUT2D eigenvalue weighted by atomic mass is 9.49. The number of allylic oxidation sites excluding steroid dienone is 3. The molecule has 0 radical (unpaired) electrons. The number of aliphatic hydroxyl groups excluding tert-OH is 1. The van der Waals surface area contributed by atoms with Crippen molar-refractivity contribution in [1.82, 2.24) is 10.3 Å². The maximum absolute atomic E-state index is 14.3. The van der Waals surface area contributed by atoms with Gasteiger partial charge in [0, 0.05) is 47.8 Å². The molecule has 1 saturated heterocycles. The van der Waals surface area contributed by atoms with Gasteiger partial charge in [-0.05, 0) is 55.7 Å². The van der Waals surface area contributed by atoms with E-state index in [1.807, 2.05) is 43.5 Å². The minimum atomic E-state index is -1.70. The van der Waals surface area contributed by atoms with Crippen LogP contribution in [-0.2, 0) is 25.6 Å². The summed E-state index contributed by atoms with van der Waals surface area (Å²) >= 11 is 0. The highest BCUT2D eigenvalue weighted by molar-refractivity contribution is 6.43. The number of benzene rings is 1. The number of carbonyl (C=O) groups is 4. The topological polar surface area (TPSA) is 137 Å². The Morgan fingerprint density at radius 3 is 2.55 bits per heavy atom. The Balaban J connectivity index is 1.63. The number of para-hydroxylation sites is 1. The second-order valence-electron chi connectivity index (χ2n) is 12.2. The third-order valence-electron chi connectivity index (χ3n) is 9.73. The molecule has 1 aromatic heterocycles. The fourth-order valence-electron chi connectivity index (χ4n) is 7.46. The largest absolute Gasteiger partial charge is 0.389 e. The normalized spacial score (nSPS) is 38.0. The zero-order chi connectivity index (χ0) is 29.0. The van der Waals surface area contributed by atoms with Crippen molar-refractivity contribution in [2.75, 3.05) is 0 Å². The summed E-state index contributed by atoms with van der Waals surface area (Å²) in [5, 5.41) is 27.3. The van der Waals surface area contributed by atoms with Crippen molar-refractivity contribution in [2.24, 2.45) is 29.1 Å². The summed E-state index contributed by atoms with van der Waals surface area (Å²) < 4.78 is 0. The number of rotatable bonds is 2. The molecule has 2 fully saturated rings. The lowest BCUT2D eigenvalue weighted by Crippen LogP contribution is -2.67. The number of hydrogen-bond acceptors (Lipinski definition) is 6. The molecule has 2 heterocycles. The van der Waals surface area contributed by atoms with Gasteiger partial charge in [0.05, 0.1) is 11.7 Å². The minimum Gasteiger partial charge on any atom is -0.389 e. The monoisotopic (exact) mass is 546 g/mol. The van der Waals surface area contributed by atoms with Crippen molar-refractivity contribution in [1.29, 1.82) is 0 Å². The fraction of sp³-hybridized carbons (Fsp3) is 0.500. The summed E-state index contributed by atoms with van der Waals surface area (Å²) in [5.41, 5.74) is -1.03. The van der Waals surface area contributed by atoms with Crippen LogP contribution in [0.3, 0.4) is 0 Å². The lowest BCUT2D eigenvalue weighted by molar-refractivity contribution is -0.199. The summed E-state index contributed by atoms with van der Waals surface area (Å²) in [6.45, 7) is 6.84. The van der Waals surface area contributed by atoms with Crippen LogP contribution in [0.5, 0.6) is 0 Å². The molecule has 0 unspecified atom stereocenters. The molecule has 212 valence electrons. The highest BCUT2D eigenvalue weighted by atomic mass is 16.3. The third kappa shape index (κ3) is 4.29. The van der Waals surface area contributed by atoms with Crippen LogP contribution >= 0.6 is 0 Å². The van der Waals surface area contributed by atoms with Crippen molar-refractivity contribution in [2.45, 2.75) is 71.1 Å². The van der Waals surface area contributed by atoms with Gasteiger partial charge < -0.3 is 20.5 Å². The molecular formula is C32H38N2O6. The number of carbonyl (C=O) groups excluding carboxylic acids is 4. The smallest absolute Gasteiger partial charge is 0.235 e. The fourth-order valence-corrected chi connectivity index (χ4v) is 7.46. The van der Waals surface area contributed by atoms with Crippen molar-refractivity contribution >= 4 is 34.2 Å². The Kier molecular flexibility index (Phi) is 7.21. The van der Waals surface area contributed by atoms with E-state index in [0.717, 1.165) is 16.5 Å². The molecule has 3 aliphatic rings. The summed E-state index contributed by atoms with van der Waals surface area (Å²) in [6, 6.07) is 7.33. The number of nitrogens with one attached hydrogen (secondary N) is 2. The average molecular weight is 547 g/mol. The molecule has 8 nitrogen and oxygen atoms in total. The number of Topliss-reactive ketones (excluding diaryl/α,β-unsaturated/α-hetero) is 3. The summed E-state index contributed by atoms with van der Waals surface area (Å²) in [6.07, 6.45) is 6.01. The van der Waals surface area contributed by atoms with Crippen LogP contribution in [0.2, 0.25) is 0 Å². The molecule has 1 amide bonds. The second-order valence-corrected chi connectivity index (χ2v) is 12.2. The van der Waals surface area contributed by atoms with E-state index in [-0.39, 0.29) is 18.8 Å². The lowest BCUT2D eigenvalue weighted by Gasteiger charge is -2.55. The van der Waals surface area contributed by atoms with Gasteiger partial charge in [-0.25, -0.2) is 0 Å². The van der Waals surface area contributed by atoms with Crippen LogP contribution in [-0.4, -0.2) is 56.2 Å². The molecule has 5 rings (SSSR count). The van der Waals surface area contributed by atoms with Gasteiger partial charge in [0.2, 0.25) is 17.5 Å². The minimum absolute atomic E-state index is 0.0941. The van der Waals surface area contributed by atoms with Crippen LogP contribution in [0.1, 0.15) is 52.5 Å². The maximum atomic E-state index is 14.3. The van der Waals surface area contributed by atoms with Gasteiger partial charge in [0.25, 0.3) is 0 Å². The molecule has 4 N–H and O–H groups in total. The molecule has 0 bridgehead atoms. The molecule has 40 heavy (non-hydrogen) atoms. The molecular weight excluding hydrogens is 508 g/mol. The second kappa shape index (κ2) is 10.2. The van der Waals surface area contributed by atoms with Gasteiger partial charge >= 0.3 is 0 Å². The van der Waals surface area contributed by atoms with E-state index in [1.165, 1.54) is 0 Å². The first kappa shape index (κ1) is 28.2. The van der Waals surface area contributed by atoms with E-state index in [2.05, 4.69) is 10.3 Å². The van der Waals surface area contributed by atoms with Crippen LogP contribution in [0, 0.1) is 29.1 Å². The number of H-pyrrole nitrogens is 1. The molecule has 8 heteroatoms. The van der Waals surface area contributed by atoms with E-state index in [9.17, 15) is 29.4 Å². The maximum Gasteiger partial charge on any atom is 0.235 e. The molecule has 1 spiro atoms. The highest BCUT2D eigenvalue weighted by Gasteiger charge is 2.71. The first-order valence-corrected chi connectivity index (χ1v) is 14.1. The Morgan fingerprint density at radius 2 is 1.80 bits per heavy atom. The number of aromatic amines is 1. The van der Waals surface area contributed by atoms with Crippen LogP contribution in [0.25, 0.3) is 10.9 Å². The number of hydrogen-bond donors (Lipinski definition) is 4. The van der Waals surface area contributed by atoms with E-state index < -0.39 is 64.2 Å². The SMILES string of the molecule is CC1=C[C@@H](C)C/C=C/[C@H]2[C@H](O)[C@](C)(O)[C@@H](C)[C@H]3[C@H](Cc4c[nH]c5ccccc45)NC(=O)[C@]32C(=O)CCC(=O)C1=O. The molecule has 2 aromatic rings. The Morgan fingerprint density at radius 1 is 1.07 bits per heavy atom. The molecule has 1 saturated carbocycles. The highest BCUT2D eigenvalue weighted by Crippen LogP contribution is 2.58. The zero-order valence-electron chi connectivity index (χ0n) is 23.4. The molecule has 1 aromatic carbocycles. The Hall–Kier alpha value is -3.36. The van der Waals surface area contributed by atoms with Crippen molar-refractivity contribution in [3.05, 3.63) is 59.8 Å². The first-order chi connectivity index (χ1) is 18.9. The van der Waals surface area contributed by atoms with Crippen molar-refractivity contribution in [3.63, 3.8) is 0 Å². The summed E-state index contributed by atoms with van der Waals surface area (Å²) in [5.74, 6) is -4.68. The third-order valence-corrected chi connectivity index (χ3v) is 9.73. The van der Waals surface area contributed by atoms with Gasteiger partial charge in [-0.2, -0.15) is 0 Å². The van der Waals surface area contributed by atoms with Crippen LogP contribution < -0.4 is 5.32 Å². The average Bonchev–Trinajstić information content (AvgIpc) is 3.45. The predicted octanol–water partition coefficient (Wildman–Crippen LogP) is 3.22. The first-order valence-electron chi connectivity index (χ1n) is 14.1. The van der Waals surface area contributed by atoms with E-state index in [4.69, 9.17) is 0 Å². The standard InChI is InChI=1S/C32H38N2O6/c1-17-8-7-10-22-29(38)31(4,40)19(3)27-24(15-20-16-33-23-11-6-5-9-21(20)23)34-30(39)32(22,27)26(36)13-12-25(35)28(37)18(2)14-17/h5-7,9-11,14,16-17,19,22,24,27,29,33,38,40H,8,12-13,15H2,1-4H3,(H,34,39)/b10-7+,18-14?/t17-,19-,22-,24-,27-,29-,31+,32+/m0/s1. The van der Waals surface area contributed by atoms with Crippen LogP contribution in [0.4, 0.5) is 0 Å². The molecule has 1 aliphatic heterocycles. The number of aromatic nitrogens is 1. The number of fused-ring (bicyclic) bond motifs is 1. The van der Waals surface area contributed by atoms with E-state index >= 15 is 0 Å². The van der Waals surface area contributed by atoms with Gasteiger partial charge in [-0.1, -0.05) is 50.3 Å². The summed E-state index contributed by atoms with van der Waals surface area (Å²) in [7, 11) is 0. The van der Waals surface area contributed by atoms with Gasteiger partial charge in [0.15, 0.2) is 0 Å². The number of aliphatic hydroxyl groups is 2. The zero-order valence-corrected chi connectivity index (χ0v) is 23.4. The predicted molar refractivity (Wildman–Crippen MR) is 150 cm³/mol. The molecule has 2 aliphatic carbocycles. The van der Waals surface area contributed by atoms with Gasteiger partial charge in [-0.15, -0.1) is 0 Å². The number of ketones is 3. The van der Waals surface area contributed by atoms with Gasteiger partial charge in [-0.3, -0.25) is 19.2 Å². The molecule has 8 atom stereocenters. The van der Waals surface area contributed by atoms with E-state index in [0.29, 0.717) is 18.4 Å². The Bertz CT molecular complexity index is 1430. The Labute approximate surface area is 233 Å². The van der Waals surface area contributed by atoms with E-state index in [1.54, 1.807) is 32.9 Å². The van der Waals surface area contributed by atoms with Crippen molar-refractivity contribution < 1.29 is 29.4 Å². The summed E-state index contributed by atoms with van der Waals surface area (Å²) in [4.78, 5) is 57.1.